The van der Waals surface area contributed by atoms with Crippen molar-refractivity contribution in [2.45, 2.75) is 57.9 Å². The number of hydrogen-bond donors (Lipinski definition) is 0. The van der Waals surface area contributed by atoms with Crippen LogP contribution in [0.25, 0.3) is 11.5 Å². The molecule has 1 aliphatic carbocycles. The van der Waals surface area contributed by atoms with Gasteiger partial charge in [-0.15, -0.1) is 0 Å². The minimum atomic E-state index is -0.0728. The summed E-state index contributed by atoms with van der Waals surface area (Å²) in [5.41, 5.74) is 0.643. The number of benzene rings is 1. The van der Waals surface area contributed by atoms with Gasteiger partial charge in [-0.1, -0.05) is 54.0 Å². The number of carbonyl (C=O) groups excluding carboxylic acids is 2. The molecule has 9 heteroatoms. The van der Waals surface area contributed by atoms with E-state index < -0.39 is 0 Å². The summed E-state index contributed by atoms with van der Waals surface area (Å²) in [6.45, 7) is 3.61. The molecule has 1 saturated heterocycles. The first-order chi connectivity index (χ1) is 15.4. The van der Waals surface area contributed by atoms with Gasteiger partial charge in [0, 0.05) is 37.7 Å². The molecule has 32 heavy (non-hydrogen) atoms. The van der Waals surface area contributed by atoms with E-state index in [4.69, 9.17) is 27.7 Å². The van der Waals surface area contributed by atoms with E-state index in [9.17, 15) is 9.59 Å². The first-order valence-corrected chi connectivity index (χ1v) is 12.0. The van der Waals surface area contributed by atoms with Crippen molar-refractivity contribution in [3.63, 3.8) is 0 Å². The van der Waals surface area contributed by atoms with E-state index in [2.05, 4.69) is 10.1 Å². The van der Waals surface area contributed by atoms with Gasteiger partial charge in [0.25, 0.3) is 5.89 Å². The Balaban J connectivity index is 1.29. The van der Waals surface area contributed by atoms with Crippen LogP contribution in [-0.2, 0) is 16.0 Å². The topological polar surface area (TPSA) is 79.5 Å². The van der Waals surface area contributed by atoms with Crippen molar-refractivity contribution in [1.29, 1.82) is 0 Å². The molecule has 1 saturated carbocycles. The van der Waals surface area contributed by atoms with Gasteiger partial charge < -0.3 is 14.3 Å². The third-order valence-corrected chi connectivity index (χ3v) is 7.22. The van der Waals surface area contributed by atoms with Crippen molar-refractivity contribution in [1.82, 2.24) is 19.9 Å². The minimum absolute atomic E-state index is 0.000756. The maximum absolute atomic E-state index is 12.8. The average Bonchev–Trinajstić information content (AvgIpc) is 3.46. The lowest BCUT2D eigenvalue weighted by atomic mass is 10.0. The summed E-state index contributed by atoms with van der Waals surface area (Å²) in [4.78, 5) is 33.5. The zero-order chi connectivity index (χ0) is 22.7. The maximum atomic E-state index is 12.8. The van der Waals surface area contributed by atoms with E-state index >= 15 is 0 Å². The van der Waals surface area contributed by atoms with Crippen LogP contribution in [0.5, 0.6) is 0 Å². The van der Waals surface area contributed by atoms with Crippen LogP contribution in [0, 0.1) is 5.92 Å². The molecule has 0 N–H and O–H groups in total. The quantitative estimate of drug-likeness (QED) is 0.605. The number of rotatable bonds is 6. The molecule has 0 radical (unpaired) electrons. The van der Waals surface area contributed by atoms with Crippen molar-refractivity contribution in [2.75, 3.05) is 19.6 Å². The molecule has 2 aromatic rings. The Morgan fingerprint density at radius 3 is 2.62 bits per heavy atom. The normalized spacial score (nSPS) is 19.5. The Kier molecular flexibility index (Phi) is 7.36. The first kappa shape index (κ1) is 23.1. The lowest BCUT2D eigenvalue weighted by Crippen LogP contribution is -2.55. The summed E-state index contributed by atoms with van der Waals surface area (Å²) in [5, 5.41) is 4.76. The Morgan fingerprint density at radius 1 is 1.12 bits per heavy atom. The van der Waals surface area contributed by atoms with Crippen LogP contribution in [0.2, 0.25) is 10.0 Å². The van der Waals surface area contributed by atoms with E-state index in [1.165, 1.54) is 25.7 Å². The van der Waals surface area contributed by atoms with Crippen molar-refractivity contribution in [2.24, 2.45) is 5.92 Å². The molecule has 0 spiro atoms. The molecule has 2 amide bonds. The lowest BCUT2D eigenvalue weighted by molar-refractivity contribution is -0.142. The molecule has 2 heterocycles. The predicted molar refractivity (Wildman–Crippen MR) is 122 cm³/mol. The summed E-state index contributed by atoms with van der Waals surface area (Å²) in [7, 11) is 0. The maximum Gasteiger partial charge on any atom is 0.257 e. The van der Waals surface area contributed by atoms with Crippen molar-refractivity contribution >= 4 is 35.0 Å². The summed E-state index contributed by atoms with van der Waals surface area (Å²) in [6, 6.07) is 5.04. The van der Waals surface area contributed by atoms with Crippen LogP contribution >= 0.6 is 23.2 Å². The predicted octanol–water partition coefficient (Wildman–Crippen LogP) is 4.62. The third-order valence-electron chi connectivity index (χ3n) is 6.49. The number of piperazine rings is 1. The molecule has 7 nitrogen and oxygen atoms in total. The zero-order valence-corrected chi connectivity index (χ0v) is 19.7. The average molecular weight is 479 g/mol. The van der Waals surface area contributed by atoms with Crippen LogP contribution in [-0.4, -0.2) is 57.4 Å². The standard InChI is InChI=1S/C23H28Cl2N4O3/c1-15-14-28(10-11-29(15)21(30)9-6-16-4-2-3-5-16)22(31)13-20-26-23(32-27-20)17-7-8-18(24)19(25)12-17/h7-8,12,15-16H,2-6,9-11,13-14H2,1H3. The summed E-state index contributed by atoms with van der Waals surface area (Å²) < 4.78 is 5.29. The van der Waals surface area contributed by atoms with E-state index in [1.54, 1.807) is 23.1 Å². The Morgan fingerprint density at radius 2 is 1.91 bits per heavy atom. The van der Waals surface area contributed by atoms with Gasteiger partial charge in [-0.3, -0.25) is 9.59 Å². The van der Waals surface area contributed by atoms with Gasteiger partial charge in [-0.25, -0.2) is 0 Å². The SMILES string of the molecule is CC1CN(C(=O)Cc2noc(-c3ccc(Cl)c(Cl)c3)n2)CCN1C(=O)CCC1CCCC1. The number of amides is 2. The van der Waals surface area contributed by atoms with Crippen LogP contribution in [0.15, 0.2) is 22.7 Å². The van der Waals surface area contributed by atoms with Crippen LogP contribution < -0.4 is 0 Å². The highest BCUT2D eigenvalue weighted by molar-refractivity contribution is 6.42. The Hall–Kier alpha value is -2.12. The Labute approximate surface area is 198 Å². The van der Waals surface area contributed by atoms with Gasteiger partial charge in [0.15, 0.2) is 5.82 Å². The third kappa shape index (κ3) is 5.44. The molecule has 0 bridgehead atoms. The van der Waals surface area contributed by atoms with Crippen LogP contribution in [0.4, 0.5) is 0 Å². The summed E-state index contributed by atoms with van der Waals surface area (Å²) in [6.07, 6.45) is 6.76. The monoisotopic (exact) mass is 478 g/mol. The fourth-order valence-corrected chi connectivity index (χ4v) is 4.94. The molecule has 172 valence electrons. The van der Waals surface area contributed by atoms with Crippen LogP contribution in [0.3, 0.4) is 0 Å². The fraction of sp³-hybridized carbons (Fsp3) is 0.565. The van der Waals surface area contributed by atoms with Gasteiger partial charge in [-0.2, -0.15) is 4.98 Å². The number of halogens is 2. The first-order valence-electron chi connectivity index (χ1n) is 11.3. The Bertz CT molecular complexity index is 974. The largest absolute Gasteiger partial charge is 0.338 e. The second-order valence-corrected chi connectivity index (χ2v) is 9.60. The van der Waals surface area contributed by atoms with E-state index in [0.717, 1.165) is 6.42 Å². The second-order valence-electron chi connectivity index (χ2n) is 8.79. The highest BCUT2D eigenvalue weighted by atomic mass is 35.5. The van der Waals surface area contributed by atoms with E-state index in [0.29, 0.717) is 53.4 Å². The summed E-state index contributed by atoms with van der Waals surface area (Å²) >= 11 is 12.0. The molecular weight excluding hydrogens is 451 g/mol. The number of nitrogens with zero attached hydrogens (tertiary/aromatic N) is 4. The van der Waals surface area contributed by atoms with E-state index in [1.807, 2.05) is 11.8 Å². The number of hydrogen-bond acceptors (Lipinski definition) is 5. The van der Waals surface area contributed by atoms with Crippen LogP contribution in [0.1, 0.15) is 51.3 Å². The minimum Gasteiger partial charge on any atom is -0.338 e. The summed E-state index contributed by atoms with van der Waals surface area (Å²) in [5.74, 6) is 1.45. The van der Waals surface area contributed by atoms with Gasteiger partial charge in [0.1, 0.15) is 0 Å². The van der Waals surface area contributed by atoms with Crippen molar-refractivity contribution < 1.29 is 14.1 Å². The highest BCUT2D eigenvalue weighted by Crippen LogP contribution is 2.29. The molecule has 1 aromatic carbocycles. The smallest absolute Gasteiger partial charge is 0.257 e. The van der Waals surface area contributed by atoms with Gasteiger partial charge in [0.2, 0.25) is 11.8 Å². The van der Waals surface area contributed by atoms with Gasteiger partial charge >= 0.3 is 0 Å². The molecule has 1 aliphatic heterocycles. The highest BCUT2D eigenvalue weighted by Gasteiger charge is 2.30. The van der Waals surface area contributed by atoms with Crippen molar-refractivity contribution in [3.05, 3.63) is 34.1 Å². The van der Waals surface area contributed by atoms with E-state index in [-0.39, 0.29) is 30.2 Å². The molecule has 2 fully saturated rings. The number of aromatic nitrogens is 2. The van der Waals surface area contributed by atoms with Gasteiger partial charge in [0.05, 0.1) is 16.5 Å². The molecule has 1 aromatic heterocycles. The second kappa shape index (κ2) is 10.2. The molecular formula is C23H28Cl2N4O3. The van der Waals surface area contributed by atoms with Crippen molar-refractivity contribution in [3.8, 4) is 11.5 Å². The molecule has 4 rings (SSSR count). The zero-order valence-electron chi connectivity index (χ0n) is 18.2. The number of carbonyl (C=O) groups is 2. The fourth-order valence-electron chi connectivity index (χ4n) is 4.64. The molecule has 1 atom stereocenters. The molecule has 2 aliphatic rings. The van der Waals surface area contributed by atoms with Gasteiger partial charge in [-0.05, 0) is 37.5 Å². The lowest BCUT2D eigenvalue weighted by Gasteiger charge is -2.40. The molecule has 1 unspecified atom stereocenters.